The van der Waals surface area contributed by atoms with Gasteiger partial charge in [0.1, 0.15) is 0 Å². The molecule has 0 bridgehead atoms. The van der Waals surface area contributed by atoms with Gasteiger partial charge in [-0.25, -0.2) is 4.98 Å². The number of aromatic nitrogens is 2. The number of carbonyl (C=O) groups is 1. The van der Waals surface area contributed by atoms with Crippen LogP contribution in [0.25, 0.3) is 0 Å². The Kier molecular flexibility index (Phi) is 2.71. The maximum atomic E-state index is 12.3. The van der Waals surface area contributed by atoms with Crippen LogP contribution in [0.15, 0.2) is 24.5 Å². The lowest BCUT2D eigenvalue weighted by atomic mass is 10.1. The molecule has 0 fully saturated rings. The molecule has 3 rings (SSSR count). The van der Waals surface area contributed by atoms with E-state index in [1.165, 1.54) is 11.3 Å². The van der Waals surface area contributed by atoms with Crippen molar-refractivity contribution in [3.63, 3.8) is 0 Å². The van der Waals surface area contributed by atoms with E-state index in [2.05, 4.69) is 9.97 Å². The first kappa shape index (κ1) is 11.2. The quantitative estimate of drug-likeness (QED) is 0.839. The van der Waals surface area contributed by atoms with Gasteiger partial charge in [0.05, 0.1) is 17.8 Å². The fourth-order valence-corrected chi connectivity index (χ4v) is 2.95. The summed E-state index contributed by atoms with van der Waals surface area (Å²) in [6, 6.07) is 3.55. The zero-order chi connectivity index (χ0) is 12.5. The Morgan fingerprint density at radius 3 is 3.17 bits per heavy atom. The molecule has 0 spiro atoms. The molecular formula is C12H12N4OS. The highest BCUT2D eigenvalue weighted by atomic mass is 32.1. The number of fused-ring (bicyclic) bond motifs is 1. The number of nitrogens with two attached hydrogens (primary N) is 1. The summed E-state index contributed by atoms with van der Waals surface area (Å²) in [5.74, 6) is 0.0146. The molecule has 0 aromatic carbocycles. The minimum Gasteiger partial charge on any atom is -0.375 e. The van der Waals surface area contributed by atoms with Crippen LogP contribution >= 0.6 is 11.3 Å². The summed E-state index contributed by atoms with van der Waals surface area (Å²) in [6.45, 7) is 1.28. The number of rotatable bonds is 1. The topological polar surface area (TPSA) is 72.1 Å². The van der Waals surface area contributed by atoms with Crippen molar-refractivity contribution < 1.29 is 4.79 Å². The maximum absolute atomic E-state index is 12.3. The molecule has 2 aromatic rings. The van der Waals surface area contributed by atoms with Gasteiger partial charge in [0.25, 0.3) is 5.91 Å². The standard InChI is InChI=1S/C12H12N4OS/c13-12-15-9-3-5-16(7-10(9)18-12)11(17)8-2-1-4-14-6-8/h1-2,4,6H,3,5,7H2,(H2,13,15). The zero-order valence-corrected chi connectivity index (χ0v) is 10.5. The summed E-state index contributed by atoms with van der Waals surface area (Å²) < 4.78 is 0. The normalized spacial score (nSPS) is 14.3. The highest BCUT2D eigenvalue weighted by molar-refractivity contribution is 7.15. The van der Waals surface area contributed by atoms with Crippen molar-refractivity contribution in [3.05, 3.63) is 40.7 Å². The molecule has 18 heavy (non-hydrogen) atoms. The van der Waals surface area contributed by atoms with E-state index >= 15 is 0 Å². The molecule has 3 heterocycles. The van der Waals surface area contributed by atoms with Crippen LogP contribution < -0.4 is 5.73 Å². The van der Waals surface area contributed by atoms with E-state index in [1.807, 2.05) is 4.90 Å². The number of amides is 1. The second-order valence-corrected chi connectivity index (χ2v) is 5.26. The molecule has 0 saturated heterocycles. The number of anilines is 1. The first-order valence-electron chi connectivity index (χ1n) is 5.67. The third-order valence-corrected chi connectivity index (χ3v) is 3.86. The summed E-state index contributed by atoms with van der Waals surface area (Å²) >= 11 is 1.46. The highest BCUT2D eigenvalue weighted by Gasteiger charge is 2.24. The number of hydrogen-bond donors (Lipinski definition) is 1. The Morgan fingerprint density at radius 1 is 1.50 bits per heavy atom. The maximum Gasteiger partial charge on any atom is 0.255 e. The fraction of sp³-hybridized carbons (Fsp3) is 0.250. The van der Waals surface area contributed by atoms with Gasteiger partial charge in [-0.15, -0.1) is 11.3 Å². The molecule has 6 heteroatoms. The fourth-order valence-electron chi connectivity index (χ4n) is 2.06. The van der Waals surface area contributed by atoms with Crippen molar-refractivity contribution in [2.24, 2.45) is 0 Å². The van der Waals surface area contributed by atoms with E-state index < -0.39 is 0 Å². The average Bonchev–Trinajstić information content (AvgIpc) is 2.78. The van der Waals surface area contributed by atoms with Crippen molar-refractivity contribution >= 4 is 22.4 Å². The number of thiazole rings is 1. The van der Waals surface area contributed by atoms with Gasteiger partial charge in [0.2, 0.25) is 0 Å². The van der Waals surface area contributed by atoms with E-state index in [9.17, 15) is 4.79 Å². The van der Waals surface area contributed by atoms with Crippen molar-refractivity contribution in [1.82, 2.24) is 14.9 Å². The first-order chi connectivity index (χ1) is 8.74. The van der Waals surface area contributed by atoms with Crippen molar-refractivity contribution in [2.75, 3.05) is 12.3 Å². The summed E-state index contributed by atoms with van der Waals surface area (Å²) in [5.41, 5.74) is 7.34. The molecule has 1 amide bonds. The van der Waals surface area contributed by atoms with E-state index in [0.29, 0.717) is 23.8 Å². The van der Waals surface area contributed by atoms with Crippen LogP contribution in [0, 0.1) is 0 Å². The lowest BCUT2D eigenvalue weighted by Gasteiger charge is -2.25. The van der Waals surface area contributed by atoms with Crippen LogP contribution in [0.2, 0.25) is 0 Å². The Morgan fingerprint density at radius 2 is 2.39 bits per heavy atom. The van der Waals surface area contributed by atoms with Crippen LogP contribution in [-0.4, -0.2) is 27.3 Å². The second kappa shape index (κ2) is 4.38. The van der Waals surface area contributed by atoms with Crippen LogP contribution in [0.5, 0.6) is 0 Å². The van der Waals surface area contributed by atoms with Gasteiger partial charge in [-0.05, 0) is 12.1 Å². The van der Waals surface area contributed by atoms with Crippen LogP contribution in [-0.2, 0) is 13.0 Å². The number of nitrogens with zero attached hydrogens (tertiary/aromatic N) is 3. The van der Waals surface area contributed by atoms with Gasteiger partial charge in [-0.2, -0.15) is 0 Å². The minimum absolute atomic E-state index is 0.0146. The van der Waals surface area contributed by atoms with Crippen molar-refractivity contribution in [1.29, 1.82) is 0 Å². The predicted octanol–water partition coefficient (Wildman–Crippen LogP) is 1.32. The number of nitrogen functional groups attached to an aromatic ring is 1. The van der Waals surface area contributed by atoms with Gasteiger partial charge in [-0.1, -0.05) is 0 Å². The van der Waals surface area contributed by atoms with Gasteiger partial charge < -0.3 is 10.6 Å². The largest absolute Gasteiger partial charge is 0.375 e. The van der Waals surface area contributed by atoms with Gasteiger partial charge >= 0.3 is 0 Å². The zero-order valence-electron chi connectivity index (χ0n) is 9.67. The van der Waals surface area contributed by atoms with E-state index in [1.54, 1.807) is 24.5 Å². The van der Waals surface area contributed by atoms with Crippen molar-refractivity contribution in [3.8, 4) is 0 Å². The lowest BCUT2D eigenvalue weighted by molar-refractivity contribution is 0.0736. The van der Waals surface area contributed by atoms with Gasteiger partial charge in [-0.3, -0.25) is 9.78 Å². The average molecular weight is 260 g/mol. The number of pyridine rings is 1. The van der Waals surface area contributed by atoms with E-state index in [4.69, 9.17) is 5.73 Å². The van der Waals surface area contributed by atoms with Crippen LogP contribution in [0.1, 0.15) is 20.9 Å². The molecule has 5 nitrogen and oxygen atoms in total. The van der Waals surface area contributed by atoms with Gasteiger partial charge in [0.15, 0.2) is 5.13 Å². The second-order valence-electron chi connectivity index (χ2n) is 4.14. The van der Waals surface area contributed by atoms with E-state index in [0.717, 1.165) is 17.0 Å². The summed E-state index contributed by atoms with van der Waals surface area (Å²) in [6.07, 6.45) is 4.03. The van der Waals surface area contributed by atoms with Crippen LogP contribution in [0.3, 0.4) is 0 Å². The molecule has 0 atom stereocenters. The third-order valence-electron chi connectivity index (χ3n) is 2.94. The van der Waals surface area contributed by atoms with Crippen molar-refractivity contribution in [2.45, 2.75) is 13.0 Å². The molecule has 0 aliphatic carbocycles. The van der Waals surface area contributed by atoms with Gasteiger partial charge in [0, 0.05) is 30.2 Å². The van der Waals surface area contributed by atoms with E-state index in [-0.39, 0.29) is 5.91 Å². The molecule has 2 N–H and O–H groups in total. The Balaban J connectivity index is 1.82. The van der Waals surface area contributed by atoms with Crippen LogP contribution in [0.4, 0.5) is 5.13 Å². The Hall–Kier alpha value is -1.95. The Labute approximate surface area is 108 Å². The SMILES string of the molecule is Nc1nc2c(s1)CN(C(=O)c1cccnc1)CC2. The molecule has 0 radical (unpaired) electrons. The number of carbonyl (C=O) groups excluding carboxylic acids is 1. The lowest BCUT2D eigenvalue weighted by Crippen LogP contribution is -2.35. The Bertz CT molecular complexity index is 581. The monoisotopic (exact) mass is 260 g/mol. The third kappa shape index (κ3) is 1.95. The highest BCUT2D eigenvalue weighted by Crippen LogP contribution is 2.27. The first-order valence-corrected chi connectivity index (χ1v) is 6.49. The predicted molar refractivity (Wildman–Crippen MR) is 69.2 cm³/mol. The smallest absolute Gasteiger partial charge is 0.255 e. The molecule has 1 aliphatic rings. The molecular weight excluding hydrogens is 248 g/mol. The molecule has 1 aliphatic heterocycles. The minimum atomic E-state index is 0.0146. The summed E-state index contributed by atoms with van der Waals surface area (Å²) in [4.78, 5) is 23.4. The summed E-state index contributed by atoms with van der Waals surface area (Å²) in [5, 5.41) is 0.579. The molecule has 0 saturated carbocycles. The summed E-state index contributed by atoms with van der Waals surface area (Å²) in [7, 11) is 0. The molecule has 2 aromatic heterocycles. The molecule has 92 valence electrons. The number of hydrogen-bond acceptors (Lipinski definition) is 5. The molecule has 0 unspecified atom stereocenters.